The Balaban J connectivity index is 1.80. The van der Waals surface area contributed by atoms with Crippen LogP contribution in [0.25, 0.3) is 16.8 Å². The fourth-order valence-electron chi connectivity index (χ4n) is 2.21. The summed E-state index contributed by atoms with van der Waals surface area (Å²) < 4.78 is 5.22. The first-order chi connectivity index (χ1) is 10.3. The van der Waals surface area contributed by atoms with Crippen molar-refractivity contribution in [2.24, 2.45) is 0 Å². The number of carbonyl (C=O) groups excluding carboxylic acids is 1. The summed E-state index contributed by atoms with van der Waals surface area (Å²) in [7, 11) is 0. The fourth-order valence-corrected chi connectivity index (χ4v) is 2.21. The average Bonchev–Trinajstić information content (AvgIpc) is 2.55. The zero-order valence-electron chi connectivity index (χ0n) is 11.4. The fraction of sp³-hybridized carbons (Fsp3) is 0. The van der Waals surface area contributed by atoms with Crippen LogP contribution in [0.3, 0.4) is 0 Å². The van der Waals surface area contributed by atoms with E-state index in [9.17, 15) is 4.79 Å². The van der Waals surface area contributed by atoms with E-state index in [0.29, 0.717) is 5.56 Å². The highest BCUT2D eigenvalue weighted by molar-refractivity contribution is 6.04. The molecule has 3 rings (SSSR count). The van der Waals surface area contributed by atoms with Crippen LogP contribution >= 0.6 is 0 Å². The van der Waals surface area contributed by atoms with Crippen LogP contribution in [-0.2, 0) is 4.74 Å². The second-order valence-electron chi connectivity index (χ2n) is 4.65. The number of hydrogen-bond acceptors (Lipinski definition) is 2. The van der Waals surface area contributed by atoms with E-state index < -0.39 is 0 Å². The van der Waals surface area contributed by atoms with E-state index in [0.717, 1.165) is 16.3 Å². The molecule has 0 saturated heterocycles. The smallest absolute Gasteiger partial charge is 0.343 e. The van der Waals surface area contributed by atoms with E-state index in [1.54, 1.807) is 12.1 Å². The lowest BCUT2D eigenvalue weighted by Crippen LogP contribution is -2.01. The molecular weight excluding hydrogens is 260 g/mol. The highest BCUT2D eigenvalue weighted by Gasteiger charge is 2.09. The Kier molecular flexibility index (Phi) is 3.79. The second kappa shape index (κ2) is 6.06. The van der Waals surface area contributed by atoms with Gasteiger partial charge in [-0.05, 0) is 28.5 Å². The summed E-state index contributed by atoms with van der Waals surface area (Å²) in [5, 5.41) is 1.93. The molecule has 0 aliphatic heterocycles. The van der Waals surface area contributed by atoms with Gasteiger partial charge in [-0.1, -0.05) is 66.7 Å². The molecule has 0 aromatic heterocycles. The van der Waals surface area contributed by atoms with Gasteiger partial charge < -0.3 is 4.74 Å². The Morgan fingerprint density at radius 3 is 2.38 bits per heavy atom. The van der Waals surface area contributed by atoms with Crippen LogP contribution < -0.4 is 0 Å². The van der Waals surface area contributed by atoms with Gasteiger partial charge in [0.1, 0.15) is 0 Å². The van der Waals surface area contributed by atoms with E-state index >= 15 is 0 Å². The second-order valence-corrected chi connectivity index (χ2v) is 4.65. The van der Waals surface area contributed by atoms with Crippen molar-refractivity contribution < 1.29 is 9.53 Å². The molecule has 0 spiro atoms. The minimum absolute atomic E-state index is 0.348. The summed E-state index contributed by atoms with van der Waals surface area (Å²) in [5.74, 6) is -0.348. The maximum absolute atomic E-state index is 12.2. The summed E-state index contributed by atoms with van der Waals surface area (Å²) in [4.78, 5) is 12.2. The van der Waals surface area contributed by atoms with Crippen molar-refractivity contribution >= 4 is 22.8 Å². The van der Waals surface area contributed by atoms with E-state index in [-0.39, 0.29) is 5.97 Å². The standard InChI is InChI=1S/C19H14O2/c20-19(21-14-13-15-7-2-1-3-8-15)18-12-6-10-16-9-4-5-11-17(16)18/h1-14H. The van der Waals surface area contributed by atoms with Crippen LogP contribution in [0.5, 0.6) is 0 Å². The highest BCUT2D eigenvalue weighted by atomic mass is 16.5. The SMILES string of the molecule is O=C(OC=Cc1ccccc1)c1cccc2ccccc12. The molecule has 0 aliphatic carbocycles. The zero-order chi connectivity index (χ0) is 14.5. The van der Waals surface area contributed by atoms with Crippen molar-refractivity contribution in [1.29, 1.82) is 0 Å². The molecule has 0 N–H and O–H groups in total. The molecule has 3 aromatic carbocycles. The van der Waals surface area contributed by atoms with Gasteiger partial charge in [-0.15, -0.1) is 0 Å². The number of carbonyl (C=O) groups is 1. The van der Waals surface area contributed by atoms with E-state index in [1.807, 2.05) is 66.7 Å². The lowest BCUT2D eigenvalue weighted by Gasteiger charge is -2.04. The molecule has 0 fully saturated rings. The third-order valence-electron chi connectivity index (χ3n) is 3.24. The molecule has 0 bridgehead atoms. The van der Waals surface area contributed by atoms with Gasteiger partial charge in [-0.2, -0.15) is 0 Å². The first-order valence-corrected chi connectivity index (χ1v) is 6.75. The quantitative estimate of drug-likeness (QED) is 0.512. The monoisotopic (exact) mass is 274 g/mol. The largest absolute Gasteiger partial charge is 0.431 e. The normalized spacial score (nSPS) is 10.9. The predicted molar refractivity (Wildman–Crippen MR) is 84.8 cm³/mol. The maximum atomic E-state index is 12.2. The van der Waals surface area contributed by atoms with Crippen molar-refractivity contribution in [3.8, 4) is 0 Å². The summed E-state index contributed by atoms with van der Waals surface area (Å²) in [6, 6.07) is 23.1. The van der Waals surface area contributed by atoms with E-state index in [4.69, 9.17) is 4.74 Å². The molecule has 102 valence electrons. The van der Waals surface area contributed by atoms with Crippen molar-refractivity contribution in [2.75, 3.05) is 0 Å². The summed E-state index contributed by atoms with van der Waals surface area (Å²) in [6.07, 6.45) is 3.20. The van der Waals surface area contributed by atoms with E-state index in [1.165, 1.54) is 6.26 Å². The van der Waals surface area contributed by atoms with Crippen LogP contribution in [0.1, 0.15) is 15.9 Å². The molecule has 0 aliphatic rings. The number of esters is 1. The van der Waals surface area contributed by atoms with Gasteiger partial charge in [0.25, 0.3) is 0 Å². The van der Waals surface area contributed by atoms with Crippen LogP contribution in [0.2, 0.25) is 0 Å². The first-order valence-electron chi connectivity index (χ1n) is 6.75. The number of fused-ring (bicyclic) bond motifs is 1. The van der Waals surface area contributed by atoms with Crippen LogP contribution in [-0.4, -0.2) is 5.97 Å². The van der Waals surface area contributed by atoms with Gasteiger partial charge in [0.05, 0.1) is 11.8 Å². The first kappa shape index (κ1) is 13.1. The van der Waals surface area contributed by atoms with Gasteiger partial charge in [0.15, 0.2) is 0 Å². The van der Waals surface area contributed by atoms with Crippen LogP contribution in [0, 0.1) is 0 Å². The molecule has 0 radical (unpaired) electrons. The van der Waals surface area contributed by atoms with Crippen LogP contribution in [0.4, 0.5) is 0 Å². The average molecular weight is 274 g/mol. The molecule has 0 unspecified atom stereocenters. The van der Waals surface area contributed by atoms with Crippen LogP contribution in [0.15, 0.2) is 79.1 Å². The Morgan fingerprint density at radius 1 is 0.810 bits per heavy atom. The minimum Gasteiger partial charge on any atom is -0.431 e. The number of ether oxygens (including phenoxy) is 1. The molecule has 2 nitrogen and oxygen atoms in total. The molecule has 0 saturated carbocycles. The Labute approximate surface area is 123 Å². The van der Waals surface area contributed by atoms with Crippen molar-refractivity contribution in [3.05, 3.63) is 90.2 Å². The number of benzene rings is 3. The topological polar surface area (TPSA) is 26.3 Å². The van der Waals surface area contributed by atoms with Crippen molar-refractivity contribution in [3.63, 3.8) is 0 Å². The zero-order valence-corrected chi connectivity index (χ0v) is 11.4. The molecule has 0 amide bonds. The lowest BCUT2D eigenvalue weighted by atomic mass is 10.1. The van der Waals surface area contributed by atoms with Crippen molar-refractivity contribution in [1.82, 2.24) is 0 Å². The third kappa shape index (κ3) is 3.00. The Bertz CT molecular complexity index is 784. The third-order valence-corrected chi connectivity index (χ3v) is 3.24. The molecule has 0 heterocycles. The maximum Gasteiger partial charge on any atom is 0.343 e. The van der Waals surface area contributed by atoms with Gasteiger partial charge in [-0.3, -0.25) is 0 Å². The van der Waals surface area contributed by atoms with Gasteiger partial charge >= 0.3 is 5.97 Å². The van der Waals surface area contributed by atoms with Crippen molar-refractivity contribution in [2.45, 2.75) is 0 Å². The molecule has 0 atom stereocenters. The summed E-state index contributed by atoms with van der Waals surface area (Å²) in [6.45, 7) is 0. The molecule has 3 aromatic rings. The predicted octanol–water partition coefficient (Wildman–Crippen LogP) is 4.67. The summed E-state index contributed by atoms with van der Waals surface area (Å²) in [5.41, 5.74) is 1.56. The summed E-state index contributed by atoms with van der Waals surface area (Å²) >= 11 is 0. The molecular formula is C19H14O2. The number of rotatable bonds is 3. The number of hydrogen-bond donors (Lipinski definition) is 0. The lowest BCUT2D eigenvalue weighted by molar-refractivity contribution is 0.0667. The highest BCUT2D eigenvalue weighted by Crippen LogP contribution is 2.19. The van der Waals surface area contributed by atoms with E-state index in [2.05, 4.69) is 0 Å². The van der Waals surface area contributed by atoms with Gasteiger partial charge in [0.2, 0.25) is 0 Å². The molecule has 21 heavy (non-hydrogen) atoms. The Hall–Kier alpha value is -2.87. The van der Waals surface area contributed by atoms with Gasteiger partial charge in [-0.25, -0.2) is 4.79 Å². The Morgan fingerprint density at radius 2 is 1.52 bits per heavy atom. The minimum atomic E-state index is -0.348. The molecule has 2 heteroatoms. The van der Waals surface area contributed by atoms with Gasteiger partial charge in [0, 0.05) is 0 Å².